The van der Waals surface area contributed by atoms with Crippen molar-refractivity contribution in [3.63, 3.8) is 0 Å². The summed E-state index contributed by atoms with van der Waals surface area (Å²) in [6.07, 6.45) is 0.797. The molecule has 0 radical (unpaired) electrons. The second kappa shape index (κ2) is 9.82. The van der Waals surface area contributed by atoms with E-state index in [0.29, 0.717) is 6.42 Å². The standard InChI is InChI=1S/C22H25F3N2O3S/c23-22(24,25)18-6-4-5-17(15-18)21(28)26-14-13-16-9-11-20(12-10-16)31(29,30)27-19-7-2-1-3-8-19/h4-6,9-12,15,19,27H,1-3,7-8,13-14H2,(H,26,28). The molecule has 31 heavy (non-hydrogen) atoms. The van der Waals surface area contributed by atoms with Gasteiger partial charge in [0.15, 0.2) is 0 Å². The maximum absolute atomic E-state index is 12.8. The first-order valence-corrected chi connectivity index (χ1v) is 11.7. The zero-order chi connectivity index (χ0) is 22.5. The van der Waals surface area contributed by atoms with E-state index in [1.807, 2.05) is 0 Å². The summed E-state index contributed by atoms with van der Waals surface area (Å²) in [5, 5.41) is 2.59. The van der Waals surface area contributed by atoms with Crippen molar-refractivity contribution >= 4 is 15.9 Å². The van der Waals surface area contributed by atoms with E-state index in [9.17, 15) is 26.4 Å². The van der Waals surface area contributed by atoms with Gasteiger partial charge in [-0.25, -0.2) is 13.1 Å². The summed E-state index contributed by atoms with van der Waals surface area (Å²) in [5.41, 5.74) is -0.134. The van der Waals surface area contributed by atoms with Crippen LogP contribution in [0.1, 0.15) is 53.6 Å². The molecular formula is C22H25F3N2O3S. The molecule has 2 N–H and O–H groups in total. The summed E-state index contributed by atoms with van der Waals surface area (Å²) in [6.45, 7) is 0.210. The smallest absolute Gasteiger partial charge is 0.352 e. The van der Waals surface area contributed by atoms with Gasteiger partial charge >= 0.3 is 6.18 Å². The first-order valence-electron chi connectivity index (χ1n) is 10.2. The van der Waals surface area contributed by atoms with Crippen LogP contribution in [0.15, 0.2) is 53.4 Å². The lowest BCUT2D eigenvalue weighted by Crippen LogP contribution is -2.36. The van der Waals surface area contributed by atoms with Gasteiger partial charge in [0.1, 0.15) is 0 Å². The van der Waals surface area contributed by atoms with E-state index >= 15 is 0 Å². The number of sulfonamides is 1. The normalized spacial score (nSPS) is 15.6. The van der Waals surface area contributed by atoms with Crippen LogP contribution in [0, 0.1) is 0 Å². The number of nitrogens with one attached hydrogen (secondary N) is 2. The fourth-order valence-electron chi connectivity index (χ4n) is 3.60. The van der Waals surface area contributed by atoms with E-state index in [1.54, 1.807) is 12.1 Å². The highest BCUT2D eigenvalue weighted by atomic mass is 32.2. The molecule has 5 nitrogen and oxygen atoms in total. The van der Waals surface area contributed by atoms with Gasteiger partial charge in [-0.2, -0.15) is 13.2 Å². The number of halogens is 3. The van der Waals surface area contributed by atoms with Crippen LogP contribution in [-0.2, 0) is 22.6 Å². The average molecular weight is 455 g/mol. The summed E-state index contributed by atoms with van der Waals surface area (Å²) in [4.78, 5) is 12.3. The predicted octanol–water partition coefficient (Wildman–Crippen LogP) is 4.29. The van der Waals surface area contributed by atoms with E-state index in [4.69, 9.17) is 0 Å². The third-order valence-corrected chi connectivity index (χ3v) is 6.85. The Bertz CT molecular complexity index is 999. The summed E-state index contributed by atoms with van der Waals surface area (Å²) in [6, 6.07) is 10.6. The van der Waals surface area contributed by atoms with Crippen LogP contribution in [0.25, 0.3) is 0 Å². The molecule has 2 aromatic rings. The second-order valence-corrected chi connectivity index (χ2v) is 9.40. The number of amides is 1. The lowest BCUT2D eigenvalue weighted by molar-refractivity contribution is -0.137. The van der Waals surface area contributed by atoms with Gasteiger partial charge in [-0.1, -0.05) is 37.5 Å². The molecule has 2 aromatic carbocycles. The minimum atomic E-state index is -4.51. The van der Waals surface area contributed by atoms with E-state index in [2.05, 4.69) is 10.0 Å². The molecule has 0 aromatic heterocycles. The third-order valence-electron chi connectivity index (χ3n) is 5.31. The molecule has 1 fully saturated rings. The van der Waals surface area contributed by atoms with Crippen molar-refractivity contribution in [3.05, 3.63) is 65.2 Å². The molecule has 1 saturated carbocycles. The summed E-state index contributed by atoms with van der Waals surface area (Å²) < 4.78 is 66.1. The monoisotopic (exact) mass is 454 g/mol. The van der Waals surface area contributed by atoms with Crippen molar-refractivity contribution in [2.45, 2.75) is 55.6 Å². The minimum absolute atomic E-state index is 0.0236. The SMILES string of the molecule is O=C(NCCc1ccc(S(=O)(=O)NC2CCCCC2)cc1)c1cccc(C(F)(F)F)c1. The Hall–Kier alpha value is -2.39. The van der Waals surface area contributed by atoms with Crippen LogP contribution in [0.3, 0.4) is 0 Å². The highest BCUT2D eigenvalue weighted by molar-refractivity contribution is 7.89. The summed E-state index contributed by atoms with van der Waals surface area (Å²) >= 11 is 0. The van der Waals surface area contributed by atoms with Gasteiger partial charge in [-0.15, -0.1) is 0 Å². The molecule has 1 amide bonds. The quantitative estimate of drug-likeness (QED) is 0.656. The topological polar surface area (TPSA) is 75.3 Å². The van der Waals surface area contributed by atoms with Gasteiger partial charge in [0.25, 0.3) is 5.91 Å². The van der Waals surface area contributed by atoms with E-state index in [-0.39, 0.29) is 23.0 Å². The van der Waals surface area contributed by atoms with Crippen molar-refractivity contribution in [2.24, 2.45) is 0 Å². The van der Waals surface area contributed by atoms with Crippen molar-refractivity contribution in [1.29, 1.82) is 0 Å². The molecule has 3 rings (SSSR count). The molecule has 0 saturated heterocycles. The van der Waals surface area contributed by atoms with E-state index in [0.717, 1.165) is 49.8 Å². The molecular weight excluding hydrogens is 429 g/mol. The molecule has 0 heterocycles. The van der Waals surface area contributed by atoms with Gasteiger partial charge < -0.3 is 5.32 Å². The van der Waals surface area contributed by atoms with Gasteiger partial charge in [0.05, 0.1) is 10.5 Å². The number of rotatable bonds is 7. The highest BCUT2D eigenvalue weighted by Crippen LogP contribution is 2.29. The number of carbonyl (C=O) groups is 1. The molecule has 0 bridgehead atoms. The van der Waals surface area contributed by atoms with Crippen LogP contribution in [0.4, 0.5) is 13.2 Å². The van der Waals surface area contributed by atoms with Crippen LogP contribution >= 0.6 is 0 Å². The first-order chi connectivity index (χ1) is 14.6. The molecule has 1 aliphatic carbocycles. The number of benzene rings is 2. The maximum atomic E-state index is 12.8. The number of carbonyl (C=O) groups excluding carboxylic acids is 1. The van der Waals surface area contributed by atoms with Gasteiger partial charge in [-0.3, -0.25) is 4.79 Å². The van der Waals surface area contributed by atoms with E-state index in [1.165, 1.54) is 24.3 Å². The van der Waals surface area contributed by atoms with E-state index < -0.39 is 27.7 Å². The predicted molar refractivity (Wildman–Crippen MR) is 111 cm³/mol. The Morgan fingerprint density at radius 1 is 1.00 bits per heavy atom. The molecule has 0 unspecified atom stereocenters. The highest BCUT2D eigenvalue weighted by Gasteiger charge is 2.30. The third kappa shape index (κ3) is 6.54. The van der Waals surface area contributed by atoms with Crippen LogP contribution in [0.5, 0.6) is 0 Å². The Morgan fingerprint density at radius 2 is 1.68 bits per heavy atom. The molecule has 168 valence electrons. The van der Waals surface area contributed by atoms with Crippen molar-refractivity contribution in [3.8, 4) is 0 Å². The zero-order valence-corrected chi connectivity index (χ0v) is 17.7. The Morgan fingerprint density at radius 3 is 2.32 bits per heavy atom. The molecule has 1 aliphatic rings. The first kappa shape index (κ1) is 23.3. The number of hydrogen-bond acceptors (Lipinski definition) is 3. The van der Waals surface area contributed by atoms with Crippen LogP contribution in [-0.4, -0.2) is 26.9 Å². The minimum Gasteiger partial charge on any atom is -0.352 e. The van der Waals surface area contributed by atoms with Crippen molar-refractivity contribution in [1.82, 2.24) is 10.0 Å². The fourth-order valence-corrected chi connectivity index (χ4v) is 4.91. The molecule has 0 aliphatic heterocycles. The van der Waals surface area contributed by atoms with Gasteiger partial charge in [0.2, 0.25) is 10.0 Å². The molecule has 9 heteroatoms. The zero-order valence-electron chi connectivity index (χ0n) is 16.9. The van der Waals surface area contributed by atoms with Crippen molar-refractivity contribution < 1.29 is 26.4 Å². The largest absolute Gasteiger partial charge is 0.416 e. The summed E-state index contributed by atoms with van der Waals surface area (Å²) in [7, 11) is -3.57. The lowest BCUT2D eigenvalue weighted by Gasteiger charge is -2.22. The van der Waals surface area contributed by atoms with Gasteiger partial charge in [0, 0.05) is 18.2 Å². The molecule has 0 spiro atoms. The Balaban J connectivity index is 1.53. The van der Waals surface area contributed by atoms with Crippen LogP contribution in [0.2, 0.25) is 0 Å². The second-order valence-electron chi connectivity index (χ2n) is 7.68. The fraction of sp³-hybridized carbons (Fsp3) is 0.409. The van der Waals surface area contributed by atoms with Gasteiger partial charge in [-0.05, 0) is 55.2 Å². The Kier molecular flexibility index (Phi) is 7.38. The average Bonchev–Trinajstić information content (AvgIpc) is 2.74. The number of alkyl halides is 3. The van der Waals surface area contributed by atoms with Crippen molar-refractivity contribution in [2.75, 3.05) is 6.54 Å². The maximum Gasteiger partial charge on any atom is 0.416 e. The summed E-state index contributed by atoms with van der Waals surface area (Å²) in [5.74, 6) is -0.595. The lowest BCUT2D eigenvalue weighted by atomic mass is 9.96. The Labute approximate surface area is 180 Å². The van der Waals surface area contributed by atoms with Crippen LogP contribution < -0.4 is 10.0 Å². The molecule has 0 atom stereocenters. The number of hydrogen-bond donors (Lipinski definition) is 2.